The maximum absolute atomic E-state index is 12.0. The molecule has 106 valence electrons. The number of esters is 1. The lowest BCUT2D eigenvalue weighted by Gasteiger charge is -2.18. The summed E-state index contributed by atoms with van der Waals surface area (Å²) < 4.78 is 11.6. The lowest BCUT2D eigenvalue weighted by molar-refractivity contribution is -0.143. The summed E-state index contributed by atoms with van der Waals surface area (Å²) in [6.07, 6.45) is 1.53. The molecular formula is C14H14ClNO4. The first-order valence-corrected chi connectivity index (χ1v) is 6.34. The Hall–Kier alpha value is -2.01. The fraction of sp³-hybridized carbons (Fsp3) is 0.286. The Morgan fingerprint density at radius 3 is 2.60 bits per heavy atom. The zero-order valence-corrected chi connectivity index (χ0v) is 12.1. The second-order valence-corrected chi connectivity index (χ2v) is 4.67. The van der Waals surface area contributed by atoms with Gasteiger partial charge in [-0.2, -0.15) is 0 Å². The van der Waals surface area contributed by atoms with Crippen LogP contribution in [0, 0.1) is 0 Å². The number of rotatable bonds is 3. The van der Waals surface area contributed by atoms with E-state index < -0.39 is 12.0 Å². The molecule has 6 heteroatoms. The van der Waals surface area contributed by atoms with Crippen LogP contribution in [0.5, 0.6) is 5.75 Å². The van der Waals surface area contributed by atoms with Gasteiger partial charge in [-0.05, 0) is 19.1 Å². The van der Waals surface area contributed by atoms with Crippen LogP contribution >= 0.6 is 11.6 Å². The monoisotopic (exact) mass is 295 g/mol. The van der Waals surface area contributed by atoms with Gasteiger partial charge in [-0.25, -0.2) is 4.79 Å². The van der Waals surface area contributed by atoms with Crippen molar-refractivity contribution in [2.45, 2.75) is 13.0 Å². The molecule has 1 heterocycles. The normalized spacial score (nSPS) is 12.2. The van der Waals surface area contributed by atoms with Crippen LogP contribution in [-0.4, -0.2) is 24.8 Å². The molecule has 1 aromatic carbocycles. The zero-order valence-electron chi connectivity index (χ0n) is 11.3. The number of fused-ring (bicyclic) bond motifs is 1. The Morgan fingerprint density at radius 1 is 1.30 bits per heavy atom. The van der Waals surface area contributed by atoms with Crippen LogP contribution in [0.1, 0.15) is 13.0 Å². The predicted octanol–water partition coefficient (Wildman–Crippen LogP) is 2.40. The highest BCUT2D eigenvalue weighted by atomic mass is 35.5. The number of pyridine rings is 1. The molecule has 1 aromatic heterocycles. The highest BCUT2D eigenvalue weighted by molar-refractivity contribution is 6.35. The molecule has 2 rings (SSSR count). The van der Waals surface area contributed by atoms with Gasteiger partial charge in [0.1, 0.15) is 11.8 Å². The van der Waals surface area contributed by atoms with Gasteiger partial charge < -0.3 is 14.0 Å². The Kier molecular flexibility index (Phi) is 3.99. The largest absolute Gasteiger partial charge is 0.495 e. The molecule has 0 radical (unpaired) electrons. The second-order valence-electron chi connectivity index (χ2n) is 4.26. The smallest absolute Gasteiger partial charge is 0.328 e. The first-order chi connectivity index (χ1) is 9.51. The van der Waals surface area contributed by atoms with Crippen molar-refractivity contribution < 1.29 is 14.3 Å². The number of halogens is 1. The Labute approximate surface area is 120 Å². The van der Waals surface area contributed by atoms with Crippen LogP contribution in [0.3, 0.4) is 0 Å². The highest BCUT2D eigenvalue weighted by Crippen LogP contribution is 2.30. The number of hydrogen-bond acceptors (Lipinski definition) is 4. The van der Waals surface area contributed by atoms with E-state index in [0.29, 0.717) is 21.7 Å². The van der Waals surface area contributed by atoms with E-state index in [0.717, 1.165) is 0 Å². The molecule has 0 aliphatic heterocycles. The maximum Gasteiger partial charge on any atom is 0.328 e. The lowest BCUT2D eigenvalue weighted by atomic mass is 10.1. The van der Waals surface area contributed by atoms with Crippen LogP contribution in [0.4, 0.5) is 0 Å². The van der Waals surface area contributed by atoms with E-state index in [1.807, 2.05) is 0 Å². The number of nitrogens with zero attached hydrogens (tertiary/aromatic N) is 1. The minimum atomic E-state index is -0.601. The van der Waals surface area contributed by atoms with Gasteiger partial charge in [0.05, 0.1) is 30.1 Å². The SMILES string of the molecule is COC(=O)C(C)n1ccc(=O)c2c(Cl)ccc(OC)c21. The number of benzene rings is 1. The van der Waals surface area contributed by atoms with Crippen molar-refractivity contribution in [1.82, 2.24) is 4.57 Å². The van der Waals surface area contributed by atoms with Crippen molar-refractivity contribution in [3.63, 3.8) is 0 Å². The topological polar surface area (TPSA) is 57.5 Å². The third-order valence-corrected chi connectivity index (χ3v) is 3.48. The number of carbonyl (C=O) groups excluding carboxylic acids is 1. The van der Waals surface area contributed by atoms with Gasteiger partial charge in [0, 0.05) is 12.3 Å². The molecule has 0 saturated carbocycles. The fourth-order valence-corrected chi connectivity index (χ4v) is 2.36. The second kappa shape index (κ2) is 5.54. The number of aromatic nitrogens is 1. The molecule has 1 unspecified atom stereocenters. The van der Waals surface area contributed by atoms with Gasteiger partial charge in [0.25, 0.3) is 0 Å². The molecule has 0 fully saturated rings. The molecule has 20 heavy (non-hydrogen) atoms. The first-order valence-electron chi connectivity index (χ1n) is 5.96. The molecular weight excluding hydrogens is 282 g/mol. The summed E-state index contributed by atoms with van der Waals surface area (Å²) in [7, 11) is 2.81. The summed E-state index contributed by atoms with van der Waals surface area (Å²) in [5.41, 5.74) is 0.252. The van der Waals surface area contributed by atoms with E-state index in [1.165, 1.54) is 26.5 Å². The van der Waals surface area contributed by atoms with Crippen molar-refractivity contribution in [1.29, 1.82) is 0 Å². The molecule has 0 spiro atoms. The van der Waals surface area contributed by atoms with E-state index in [-0.39, 0.29) is 5.43 Å². The maximum atomic E-state index is 12.0. The summed E-state index contributed by atoms with van der Waals surface area (Å²) in [5, 5.41) is 0.640. The summed E-state index contributed by atoms with van der Waals surface area (Å²) in [6, 6.07) is 4.02. The van der Waals surface area contributed by atoms with Crippen LogP contribution in [0.25, 0.3) is 10.9 Å². The predicted molar refractivity (Wildman–Crippen MR) is 76.5 cm³/mol. The number of methoxy groups -OCH3 is 2. The van der Waals surface area contributed by atoms with Gasteiger partial charge in [0.15, 0.2) is 5.43 Å². The quantitative estimate of drug-likeness (QED) is 0.816. The molecule has 0 aliphatic rings. The van der Waals surface area contributed by atoms with E-state index in [1.54, 1.807) is 23.6 Å². The first kappa shape index (κ1) is 14.4. The van der Waals surface area contributed by atoms with E-state index in [2.05, 4.69) is 0 Å². The van der Waals surface area contributed by atoms with Crippen molar-refractivity contribution in [2.24, 2.45) is 0 Å². The summed E-state index contributed by atoms with van der Waals surface area (Å²) in [5.74, 6) is 0.0508. The fourth-order valence-electron chi connectivity index (χ4n) is 2.12. The molecule has 5 nitrogen and oxygen atoms in total. The van der Waals surface area contributed by atoms with Crippen molar-refractivity contribution in [3.05, 3.63) is 39.6 Å². The Balaban J connectivity index is 2.86. The van der Waals surface area contributed by atoms with E-state index >= 15 is 0 Å². The zero-order chi connectivity index (χ0) is 14.9. The number of carbonyl (C=O) groups is 1. The van der Waals surface area contributed by atoms with Crippen molar-refractivity contribution in [2.75, 3.05) is 14.2 Å². The average Bonchev–Trinajstić information content (AvgIpc) is 2.46. The number of ether oxygens (including phenoxy) is 2. The van der Waals surface area contributed by atoms with Gasteiger partial charge >= 0.3 is 5.97 Å². The van der Waals surface area contributed by atoms with Gasteiger partial charge in [0.2, 0.25) is 0 Å². The minimum absolute atomic E-state index is 0.225. The third-order valence-electron chi connectivity index (χ3n) is 3.16. The minimum Gasteiger partial charge on any atom is -0.495 e. The molecule has 1 atom stereocenters. The standard InChI is InChI=1S/C14H14ClNO4/c1-8(14(18)20-3)16-7-6-10(17)12-9(15)4-5-11(19-2)13(12)16/h4-8H,1-3H3. The van der Waals surface area contributed by atoms with Gasteiger partial charge in [-0.1, -0.05) is 11.6 Å². The Bertz CT molecular complexity index is 723. The summed E-state index contributed by atoms with van der Waals surface area (Å²) >= 11 is 6.10. The molecule has 0 N–H and O–H groups in total. The molecule has 2 aromatic rings. The summed E-state index contributed by atoms with van der Waals surface area (Å²) in [6.45, 7) is 1.68. The van der Waals surface area contributed by atoms with E-state index in [9.17, 15) is 9.59 Å². The van der Waals surface area contributed by atoms with Crippen LogP contribution in [0.15, 0.2) is 29.2 Å². The molecule has 0 amide bonds. The van der Waals surface area contributed by atoms with Crippen molar-refractivity contribution in [3.8, 4) is 5.75 Å². The molecule has 0 aliphatic carbocycles. The number of hydrogen-bond donors (Lipinski definition) is 0. The van der Waals surface area contributed by atoms with Crippen LogP contribution < -0.4 is 10.2 Å². The lowest BCUT2D eigenvalue weighted by Crippen LogP contribution is -2.20. The molecule has 0 bridgehead atoms. The van der Waals surface area contributed by atoms with E-state index in [4.69, 9.17) is 21.1 Å². The van der Waals surface area contributed by atoms with Crippen LogP contribution in [-0.2, 0) is 9.53 Å². The van der Waals surface area contributed by atoms with Crippen molar-refractivity contribution >= 4 is 28.5 Å². The van der Waals surface area contributed by atoms with Gasteiger partial charge in [-0.15, -0.1) is 0 Å². The molecule has 0 saturated heterocycles. The highest BCUT2D eigenvalue weighted by Gasteiger charge is 2.20. The Morgan fingerprint density at radius 2 is 2.00 bits per heavy atom. The third kappa shape index (κ3) is 2.25. The van der Waals surface area contributed by atoms with Crippen LogP contribution in [0.2, 0.25) is 5.02 Å². The average molecular weight is 296 g/mol. The van der Waals surface area contributed by atoms with Gasteiger partial charge in [-0.3, -0.25) is 4.79 Å². The summed E-state index contributed by atoms with van der Waals surface area (Å²) in [4.78, 5) is 23.7.